The van der Waals surface area contributed by atoms with E-state index in [4.69, 9.17) is 0 Å². The Kier molecular flexibility index (Phi) is 6.97. The molecule has 1 atom stereocenters. The van der Waals surface area contributed by atoms with Crippen LogP contribution in [-0.4, -0.2) is 0 Å². The highest BCUT2D eigenvalue weighted by molar-refractivity contribution is 7.85. The van der Waals surface area contributed by atoms with E-state index in [1.807, 2.05) is 30.3 Å². The van der Waals surface area contributed by atoms with E-state index >= 15 is 0 Å². The third kappa shape index (κ3) is 4.73. The van der Waals surface area contributed by atoms with E-state index < -0.39 is 7.14 Å². The highest BCUT2D eigenvalue weighted by Gasteiger charge is 2.31. The Labute approximate surface area is 189 Å². The second kappa shape index (κ2) is 9.17. The van der Waals surface area contributed by atoms with E-state index in [1.165, 1.54) is 11.1 Å². The second-order valence-corrected chi connectivity index (χ2v) is 12.7. The van der Waals surface area contributed by atoms with Crippen molar-refractivity contribution in [3.8, 4) is 0 Å². The predicted octanol–water partition coefficient (Wildman–Crippen LogP) is 7.09. The molecule has 0 aliphatic rings. The lowest BCUT2D eigenvalue weighted by atomic mass is 9.81. The largest absolute Gasteiger partial charge is 0.309 e. The molecule has 0 radical (unpaired) electrons. The van der Waals surface area contributed by atoms with Gasteiger partial charge in [0.05, 0.1) is 0 Å². The van der Waals surface area contributed by atoms with E-state index in [0.29, 0.717) is 0 Å². The molecule has 3 aromatic carbocycles. The van der Waals surface area contributed by atoms with Gasteiger partial charge in [0.25, 0.3) is 0 Å². The summed E-state index contributed by atoms with van der Waals surface area (Å²) < 4.78 is 14.7. The number of benzene rings is 3. The number of hydrogen-bond donors (Lipinski definition) is 0. The molecule has 0 spiro atoms. The average Bonchev–Trinajstić information content (AvgIpc) is 2.79. The van der Waals surface area contributed by atoms with E-state index in [9.17, 15) is 4.57 Å². The maximum atomic E-state index is 14.7. The summed E-state index contributed by atoms with van der Waals surface area (Å²) in [6, 6.07) is 26.9. The quantitative estimate of drug-likeness (QED) is 0.347. The normalized spacial score (nSPS) is 14.3. The van der Waals surface area contributed by atoms with E-state index in [1.54, 1.807) is 0 Å². The van der Waals surface area contributed by atoms with Crippen molar-refractivity contribution in [2.45, 2.75) is 71.6 Å². The van der Waals surface area contributed by atoms with Crippen molar-refractivity contribution in [1.82, 2.24) is 0 Å². The highest BCUT2D eigenvalue weighted by Crippen LogP contribution is 2.43. The number of rotatable bonds is 8. The third-order valence-corrected chi connectivity index (χ3v) is 9.98. The molecule has 0 saturated heterocycles. The van der Waals surface area contributed by atoms with E-state index in [2.05, 4.69) is 90.1 Å². The first-order valence-electron chi connectivity index (χ1n) is 11.5. The van der Waals surface area contributed by atoms with Crippen molar-refractivity contribution in [2.75, 3.05) is 0 Å². The molecule has 2 heteroatoms. The van der Waals surface area contributed by atoms with Gasteiger partial charge in [0.15, 0.2) is 7.14 Å². The Morgan fingerprint density at radius 3 is 1.45 bits per heavy atom. The zero-order valence-corrected chi connectivity index (χ0v) is 20.9. The fourth-order valence-electron chi connectivity index (χ4n) is 4.30. The van der Waals surface area contributed by atoms with Crippen LogP contribution in [0, 0.1) is 0 Å². The molecule has 0 fully saturated rings. The van der Waals surface area contributed by atoms with Crippen LogP contribution < -0.4 is 15.9 Å². The first kappa shape index (κ1) is 23.6. The van der Waals surface area contributed by atoms with Gasteiger partial charge < -0.3 is 4.57 Å². The third-order valence-electron chi connectivity index (χ3n) is 6.90. The van der Waals surface area contributed by atoms with Crippen molar-refractivity contribution in [3.63, 3.8) is 0 Å². The van der Waals surface area contributed by atoms with Crippen LogP contribution in [0.2, 0.25) is 0 Å². The lowest BCUT2D eigenvalue weighted by molar-refractivity contribution is 0.473. The molecular formula is C29H37OP. The molecule has 0 bridgehead atoms. The summed E-state index contributed by atoms with van der Waals surface area (Å²) >= 11 is 0. The van der Waals surface area contributed by atoms with Crippen molar-refractivity contribution >= 4 is 23.1 Å². The van der Waals surface area contributed by atoms with Crippen molar-refractivity contribution in [1.29, 1.82) is 0 Å². The minimum atomic E-state index is -2.94. The molecule has 164 valence electrons. The monoisotopic (exact) mass is 432 g/mol. The van der Waals surface area contributed by atoms with Gasteiger partial charge in [0.2, 0.25) is 0 Å². The summed E-state index contributed by atoms with van der Waals surface area (Å²) in [6.07, 6.45) is 3.35. The maximum absolute atomic E-state index is 14.7. The van der Waals surface area contributed by atoms with E-state index in [-0.39, 0.29) is 10.8 Å². The van der Waals surface area contributed by atoms with Gasteiger partial charge >= 0.3 is 0 Å². The van der Waals surface area contributed by atoms with Gasteiger partial charge in [0.1, 0.15) is 0 Å². The predicted molar refractivity (Wildman–Crippen MR) is 137 cm³/mol. The Morgan fingerprint density at radius 1 is 0.613 bits per heavy atom. The summed E-state index contributed by atoms with van der Waals surface area (Å²) in [5.41, 5.74) is 2.83. The second-order valence-electron chi connectivity index (χ2n) is 9.91. The first-order chi connectivity index (χ1) is 14.6. The fraction of sp³-hybridized carbons (Fsp3) is 0.379. The molecule has 0 heterocycles. The molecule has 3 aromatic rings. The van der Waals surface area contributed by atoms with Gasteiger partial charge in [-0.3, -0.25) is 0 Å². The van der Waals surface area contributed by atoms with Crippen LogP contribution in [0.3, 0.4) is 0 Å². The van der Waals surface area contributed by atoms with Gasteiger partial charge in [-0.15, -0.1) is 0 Å². The molecule has 31 heavy (non-hydrogen) atoms. The average molecular weight is 433 g/mol. The standard InChI is InChI=1S/C29H37OP/c1-7-22-29(5,6)24-16-20-27(21-17-24)31(30,25-12-10-9-11-13-25)26-18-14-23(15-19-26)28(3,4)8-2/h9-21H,7-8,22H2,1-6H3. The molecule has 3 rings (SSSR count). The zero-order valence-electron chi connectivity index (χ0n) is 20.0. The summed E-state index contributed by atoms with van der Waals surface area (Å²) in [5, 5.41) is 2.69. The maximum Gasteiger partial charge on any atom is 0.171 e. The Hall–Kier alpha value is -2.11. The topological polar surface area (TPSA) is 17.1 Å². The van der Waals surface area contributed by atoms with E-state index in [0.717, 1.165) is 35.2 Å². The molecule has 1 unspecified atom stereocenters. The van der Waals surface area contributed by atoms with Gasteiger partial charge in [-0.25, -0.2) is 0 Å². The van der Waals surface area contributed by atoms with Gasteiger partial charge in [0, 0.05) is 15.9 Å². The van der Waals surface area contributed by atoms with Gasteiger partial charge in [-0.1, -0.05) is 127 Å². The van der Waals surface area contributed by atoms with Crippen LogP contribution in [0.1, 0.15) is 71.9 Å². The Balaban J connectivity index is 2.11. The molecule has 0 aliphatic heterocycles. The first-order valence-corrected chi connectivity index (χ1v) is 13.2. The van der Waals surface area contributed by atoms with Crippen molar-refractivity contribution in [3.05, 3.63) is 90.0 Å². The molecular weight excluding hydrogens is 395 g/mol. The van der Waals surface area contributed by atoms with Crippen LogP contribution in [-0.2, 0) is 15.4 Å². The minimum absolute atomic E-state index is 0.113. The van der Waals surface area contributed by atoms with Crippen LogP contribution in [0.5, 0.6) is 0 Å². The molecule has 0 aromatic heterocycles. The summed E-state index contributed by atoms with van der Waals surface area (Å²) in [6.45, 7) is 13.5. The number of hydrogen-bond acceptors (Lipinski definition) is 1. The van der Waals surface area contributed by atoms with Crippen LogP contribution in [0.25, 0.3) is 0 Å². The zero-order chi connectivity index (χ0) is 22.7. The van der Waals surface area contributed by atoms with Gasteiger partial charge in [-0.05, 0) is 34.8 Å². The summed E-state index contributed by atoms with van der Waals surface area (Å²) in [7, 11) is -2.94. The van der Waals surface area contributed by atoms with Crippen LogP contribution >= 0.6 is 7.14 Å². The Bertz CT molecular complexity index is 1030. The highest BCUT2D eigenvalue weighted by atomic mass is 31.2. The van der Waals surface area contributed by atoms with Crippen LogP contribution in [0.15, 0.2) is 78.9 Å². The minimum Gasteiger partial charge on any atom is -0.309 e. The molecule has 0 saturated carbocycles. The fourth-order valence-corrected chi connectivity index (χ4v) is 6.93. The summed E-state index contributed by atoms with van der Waals surface area (Å²) in [5.74, 6) is 0. The molecule has 1 nitrogen and oxygen atoms in total. The van der Waals surface area contributed by atoms with Crippen molar-refractivity contribution in [2.24, 2.45) is 0 Å². The molecule has 0 aliphatic carbocycles. The Morgan fingerprint density at radius 2 is 1.03 bits per heavy atom. The SMILES string of the molecule is CCCC(C)(C)c1ccc(P(=O)(c2ccccc2)c2ccc(C(C)(C)CC)cc2)cc1. The lowest BCUT2D eigenvalue weighted by Gasteiger charge is -2.27. The lowest BCUT2D eigenvalue weighted by Crippen LogP contribution is -2.26. The molecule has 0 N–H and O–H groups in total. The smallest absolute Gasteiger partial charge is 0.171 e. The van der Waals surface area contributed by atoms with Crippen LogP contribution in [0.4, 0.5) is 0 Å². The van der Waals surface area contributed by atoms with Gasteiger partial charge in [-0.2, -0.15) is 0 Å². The summed E-state index contributed by atoms with van der Waals surface area (Å²) in [4.78, 5) is 0. The molecule has 0 amide bonds. The van der Waals surface area contributed by atoms with Crippen molar-refractivity contribution < 1.29 is 4.57 Å².